The largest absolute Gasteiger partial charge is 0.341 e. The summed E-state index contributed by atoms with van der Waals surface area (Å²) in [6.07, 6.45) is 2.87. The number of nitrogens with one attached hydrogen (secondary N) is 2. The highest BCUT2D eigenvalue weighted by atomic mass is 19.1. The summed E-state index contributed by atoms with van der Waals surface area (Å²) in [6, 6.07) is 9.39. The summed E-state index contributed by atoms with van der Waals surface area (Å²) in [5.74, 6) is 0.544. The van der Waals surface area contributed by atoms with Crippen molar-refractivity contribution in [3.63, 3.8) is 0 Å². The van der Waals surface area contributed by atoms with Crippen LogP contribution in [0.2, 0.25) is 0 Å². The van der Waals surface area contributed by atoms with E-state index in [1.165, 1.54) is 12.3 Å². The fourth-order valence-corrected chi connectivity index (χ4v) is 2.12. The molecule has 0 aliphatic heterocycles. The lowest BCUT2D eigenvalue weighted by Gasteiger charge is -2.12. The molecule has 0 saturated heterocycles. The van der Waals surface area contributed by atoms with Crippen molar-refractivity contribution in [2.45, 2.75) is 19.5 Å². The number of nitrogens with zero attached hydrogens (tertiary/aromatic N) is 2. The molecule has 1 aromatic carbocycles. The number of hydrogen-bond acceptors (Lipinski definition) is 3. The average molecular weight is 270 g/mol. The smallest absolute Gasteiger partial charge is 0.141 e. The number of aromatic nitrogens is 3. The highest BCUT2D eigenvalue weighted by Gasteiger charge is 2.08. The molecule has 3 rings (SSSR count). The van der Waals surface area contributed by atoms with Crippen molar-refractivity contribution >= 4 is 11.0 Å². The Labute approximate surface area is 116 Å². The van der Waals surface area contributed by atoms with Gasteiger partial charge in [-0.15, -0.1) is 0 Å². The van der Waals surface area contributed by atoms with Gasteiger partial charge in [-0.05, 0) is 30.7 Å². The molecule has 0 spiro atoms. The van der Waals surface area contributed by atoms with E-state index in [1.807, 2.05) is 31.2 Å². The van der Waals surface area contributed by atoms with Gasteiger partial charge in [0, 0.05) is 12.2 Å². The number of rotatable bonds is 4. The molecule has 20 heavy (non-hydrogen) atoms. The Morgan fingerprint density at radius 1 is 1.30 bits per heavy atom. The normalized spacial score (nSPS) is 12.7. The van der Waals surface area contributed by atoms with E-state index in [0.717, 1.165) is 22.4 Å². The summed E-state index contributed by atoms with van der Waals surface area (Å²) in [5, 5.41) is 3.30. The zero-order chi connectivity index (χ0) is 13.9. The Morgan fingerprint density at radius 3 is 2.95 bits per heavy atom. The first-order valence-electron chi connectivity index (χ1n) is 6.50. The van der Waals surface area contributed by atoms with Gasteiger partial charge in [0.05, 0.1) is 23.8 Å². The van der Waals surface area contributed by atoms with Crippen molar-refractivity contribution in [1.82, 2.24) is 20.3 Å². The first kappa shape index (κ1) is 12.7. The number of hydrogen-bond donors (Lipinski definition) is 2. The van der Waals surface area contributed by atoms with E-state index in [4.69, 9.17) is 0 Å². The van der Waals surface area contributed by atoms with Gasteiger partial charge in [-0.2, -0.15) is 0 Å². The van der Waals surface area contributed by atoms with Crippen LogP contribution < -0.4 is 5.32 Å². The number of pyridine rings is 1. The van der Waals surface area contributed by atoms with Crippen LogP contribution in [0.15, 0.2) is 42.7 Å². The van der Waals surface area contributed by atoms with Crippen molar-refractivity contribution in [3.05, 3.63) is 59.9 Å². The second-order valence-corrected chi connectivity index (χ2v) is 4.74. The lowest BCUT2D eigenvalue weighted by Crippen LogP contribution is -2.19. The van der Waals surface area contributed by atoms with Crippen LogP contribution in [0, 0.1) is 5.82 Å². The quantitative estimate of drug-likeness (QED) is 0.766. The van der Waals surface area contributed by atoms with Crippen LogP contribution in [0.1, 0.15) is 24.4 Å². The lowest BCUT2D eigenvalue weighted by atomic mass is 10.1. The van der Waals surface area contributed by atoms with E-state index < -0.39 is 0 Å². The third-order valence-electron chi connectivity index (χ3n) is 3.24. The van der Waals surface area contributed by atoms with E-state index in [9.17, 15) is 4.39 Å². The maximum atomic E-state index is 13.1. The molecule has 0 amide bonds. The first-order valence-corrected chi connectivity index (χ1v) is 6.50. The number of fused-ring (bicyclic) bond motifs is 1. The molecule has 2 aromatic heterocycles. The maximum absolute atomic E-state index is 13.1. The molecular formula is C15H15FN4. The third-order valence-corrected chi connectivity index (χ3v) is 3.24. The van der Waals surface area contributed by atoms with E-state index in [0.29, 0.717) is 6.54 Å². The van der Waals surface area contributed by atoms with Crippen molar-refractivity contribution < 1.29 is 4.39 Å². The minimum absolute atomic E-state index is 0.00594. The topological polar surface area (TPSA) is 53.6 Å². The third kappa shape index (κ3) is 2.67. The monoisotopic (exact) mass is 270 g/mol. The zero-order valence-corrected chi connectivity index (χ0v) is 11.1. The Bertz CT molecular complexity index is 689. The van der Waals surface area contributed by atoms with Crippen molar-refractivity contribution in [1.29, 1.82) is 0 Å². The number of para-hydroxylation sites is 2. The van der Waals surface area contributed by atoms with E-state index in [-0.39, 0.29) is 11.9 Å². The van der Waals surface area contributed by atoms with Gasteiger partial charge in [0.2, 0.25) is 0 Å². The summed E-state index contributed by atoms with van der Waals surface area (Å²) in [7, 11) is 0. The van der Waals surface area contributed by atoms with Crippen LogP contribution in [0.5, 0.6) is 0 Å². The standard InChI is InChI=1S/C15H15FN4/c1-10(11-6-12(16)8-17-7-11)18-9-15-19-13-4-2-3-5-14(13)20-15/h2-8,10,18H,9H2,1H3,(H,19,20). The number of halogens is 1. The Hall–Kier alpha value is -2.27. The Morgan fingerprint density at radius 2 is 2.15 bits per heavy atom. The van der Waals surface area contributed by atoms with Gasteiger partial charge in [-0.1, -0.05) is 12.1 Å². The van der Waals surface area contributed by atoms with Crippen LogP contribution in [0.4, 0.5) is 4.39 Å². The summed E-state index contributed by atoms with van der Waals surface area (Å²) in [6.45, 7) is 2.56. The first-order chi connectivity index (χ1) is 9.72. The van der Waals surface area contributed by atoms with Crippen LogP contribution in [0.3, 0.4) is 0 Å². The van der Waals surface area contributed by atoms with Crippen molar-refractivity contribution in [2.75, 3.05) is 0 Å². The molecule has 102 valence electrons. The molecule has 2 heterocycles. The minimum atomic E-state index is -0.320. The van der Waals surface area contributed by atoms with Gasteiger partial charge in [-0.3, -0.25) is 4.98 Å². The van der Waals surface area contributed by atoms with Gasteiger partial charge in [0.1, 0.15) is 11.6 Å². The van der Waals surface area contributed by atoms with E-state index >= 15 is 0 Å². The van der Waals surface area contributed by atoms with Crippen LogP contribution in [-0.2, 0) is 6.54 Å². The van der Waals surface area contributed by atoms with Crippen LogP contribution in [-0.4, -0.2) is 15.0 Å². The van der Waals surface area contributed by atoms with Gasteiger partial charge in [0.25, 0.3) is 0 Å². The molecule has 0 bridgehead atoms. The van der Waals surface area contributed by atoms with Gasteiger partial charge in [-0.25, -0.2) is 9.37 Å². The molecular weight excluding hydrogens is 255 g/mol. The fourth-order valence-electron chi connectivity index (χ4n) is 2.12. The highest BCUT2D eigenvalue weighted by molar-refractivity contribution is 5.74. The molecule has 0 saturated carbocycles. The molecule has 0 aliphatic carbocycles. The predicted molar refractivity (Wildman–Crippen MR) is 75.5 cm³/mol. The van der Waals surface area contributed by atoms with Crippen LogP contribution in [0.25, 0.3) is 11.0 Å². The second-order valence-electron chi connectivity index (χ2n) is 4.74. The average Bonchev–Trinajstić information content (AvgIpc) is 2.87. The molecule has 1 unspecified atom stereocenters. The van der Waals surface area contributed by atoms with Gasteiger partial charge >= 0.3 is 0 Å². The summed E-state index contributed by atoms with van der Waals surface area (Å²) in [4.78, 5) is 11.6. The SMILES string of the molecule is CC(NCc1nc2ccccc2[nH]1)c1cncc(F)c1. The lowest BCUT2D eigenvalue weighted by molar-refractivity contribution is 0.551. The van der Waals surface area contributed by atoms with E-state index in [1.54, 1.807) is 6.20 Å². The molecule has 3 aromatic rings. The number of aromatic amines is 1. The second kappa shape index (κ2) is 5.38. The Balaban J connectivity index is 1.69. The number of benzene rings is 1. The molecule has 1 atom stereocenters. The predicted octanol–water partition coefficient (Wildman–Crippen LogP) is 2.95. The van der Waals surface area contributed by atoms with Gasteiger partial charge < -0.3 is 10.3 Å². The zero-order valence-electron chi connectivity index (χ0n) is 11.1. The molecule has 2 N–H and O–H groups in total. The maximum Gasteiger partial charge on any atom is 0.141 e. The number of imidazole rings is 1. The van der Waals surface area contributed by atoms with Gasteiger partial charge in [0.15, 0.2) is 0 Å². The highest BCUT2D eigenvalue weighted by Crippen LogP contribution is 2.14. The van der Waals surface area contributed by atoms with E-state index in [2.05, 4.69) is 20.3 Å². The molecule has 5 heteroatoms. The fraction of sp³-hybridized carbons (Fsp3) is 0.200. The minimum Gasteiger partial charge on any atom is -0.341 e. The van der Waals surface area contributed by atoms with Crippen molar-refractivity contribution in [2.24, 2.45) is 0 Å². The summed E-state index contributed by atoms with van der Waals surface area (Å²) < 4.78 is 13.1. The number of H-pyrrole nitrogens is 1. The van der Waals surface area contributed by atoms with Crippen LogP contribution >= 0.6 is 0 Å². The van der Waals surface area contributed by atoms with Crippen molar-refractivity contribution in [3.8, 4) is 0 Å². The molecule has 0 radical (unpaired) electrons. The molecule has 4 nitrogen and oxygen atoms in total. The summed E-state index contributed by atoms with van der Waals surface area (Å²) >= 11 is 0. The molecule has 0 aliphatic rings. The summed E-state index contributed by atoms with van der Waals surface area (Å²) in [5.41, 5.74) is 2.79. The Kier molecular flexibility index (Phi) is 3.43. The molecule has 0 fully saturated rings.